The highest BCUT2D eigenvalue weighted by atomic mass is 15.1. The zero-order chi connectivity index (χ0) is 9.97. The molecule has 3 nitrogen and oxygen atoms in total. The molecule has 3 N–H and O–H groups in total. The van der Waals surface area contributed by atoms with E-state index in [0.29, 0.717) is 12.0 Å². The van der Waals surface area contributed by atoms with E-state index in [-0.39, 0.29) is 0 Å². The summed E-state index contributed by atoms with van der Waals surface area (Å²) in [5, 5.41) is 3.37. The minimum Gasteiger partial charge on any atom is -0.370 e. The highest BCUT2D eigenvalue weighted by Gasteiger charge is 2.37. The van der Waals surface area contributed by atoms with Gasteiger partial charge in [0.1, 0.15) is 0 Å². The number of rotatable bonds is 2. The van der Waals surface area contributed by atoms with Crippen LogP contribution in [0.5, 0.6) is 0 Å². The lowest BCUT2D eigenvalue weighted by Gasteiger charge is -2.32. The highest BCUT2D eigenvalue weighted by molar-refractivity contribution is 5.77. The predicted octanol–water partition coefficient (Wildman–Crippen LogP) is 1.49. The maximum atomic E-state index is 5.73. The standard InChI is InChI=1S/C11H21N3/c1-13-11(12)14-10-5-3-2-4-9(10)8-6-7-8/h8-10H,2-7H2,1H3,(H3,12,13,14). The molecule has 0 heterocycles. The van der Waals surface area contributed by atoms with Crippen LogP contribution in [0.15, 0.2) is 4.99 Å². The number of nitrogens with two attached hydrogens (primary N) is 1. The first-order valence-corrected chi connectivity index (χ1v) is 5.80. The van der Waals surface area contributed by atoms with Crippen molar-refractivity contribution < 1.29 is 0 Å². The number of hydrogen-bond acceptors (Lipinski definition) is 1. The van der Waals surface area contributed by atoms with Gasteiger partial charge in [-0.05, 0) is 37.5 Å². The second kappa shape index (κ2) is 4.20. The summed E-state index contributed by atoms with van der Waals surface area (Å²) in [6, 6.07) is 0.597. The Hall–Kier alpha value is -0.730. The molecule has 2 saturated carbocycles. The van der Waals surface area contributed by atoms with Gasteiger partial charge in [0, 0.05) is 13.1 Å². The van der Waals surface area contributed by atoms with Gasteiger partial charge in [0.25, 0.3) is 0 Å². The van der Waals surface area contributed by atoms with Crippen LogP contribution in [0.3, 0.4) is 0 Å². The molecule has 2 rings (SSSR count). The van der Waals surface area contributed by atoms with Crippen LogP contribution >= 0.6 is 0 Å². The lowest BCUT2D eigenvalue weighted by Crippen LogP contribution is -2.46. The van der Waals surface area contributed by atoms with Crippen LogP contribution in [0.1, 0.15) is 38.5 Å². The normalized spacial score (nSPS) is 34.2. The van der Waals surface area contributed by atoms with E-state index >= 15 is 0 Å². The third kappa shape index (κ3) is 2.20. The number of aliphatic imine (C=N–C) groups is 1. The lowest BCUT2D eigenvalue weighted by molar-refractivity contribution is 0.257. The molecular formula is C11H21N3. The summed E-state index contributed by atoms with van der Waals surface area (Å²) in [4.78, 5) is 3.98. The summed E-state index contributed by atoms with van der Waals surface area (Å²) in [6.07, 6.45) is 8.29. The fraction of sp³-hybridized carbons (Fsp3) is 0.909. The topological polar surface area (TPSA) is 50.4 Å². The molecule has 0 aliphatic heterocycles. The Morgan fingerprint density at radius 2 is 1.93 bits per heavy atom. The second-order valence-corrected chi connectivity index (χ2v) is 4.65. The van der Waals surface area contributed by atoms with E-state index in [1.807, 2.05) is 0 Å². The first-order chi connectivity index (χ1) is 6.81. The molecule has 0 spiro atoms. The van der Waals surface area contributed by atoms with Gasteiger partial charge < -0.3 is 11.1 Å². The molecule has 14 heavy (non-hydrogen) atoms. The van der Waals surface area contributed by atoms with E-state index in [2.05, 4.69) is 10.3 Å². The molecule has 0 aromatic heterocycles. The van der Waals surface area contributed by atoms with Crippen molar-refractivity contribution in [1.82, 2.24) is 5.32 Å². The average molecular weight is 195 g/mol. The van der Waals surface area contributed by atoms with Crippen LogP contribution in [0.4, 0.5) is 0 Å². The van der Waals surface area contributed by atoms with Crippen molar-refractivity contribution in [2.75, 3.05) is 7.05 Å². The van der Waals surface area contributed by atoms with E-state index in [4.69, 9.17) is 5.73 Å². The molecule has 3 heteroatoms. The van der Waals surface area contributed by atoms with Crippen molar-refractivity contribution in [1.29, 1.82) is 0 Å². The van der Waals surface area contributed by atoms with Crippen molar-refractivity contribution >= 4 is 5.96 Å². The summed E-state index contributed by atoms with van der Waals surface area (Å²) in [5.41, 5.74) is 5.73. The molecule has 2 aliphatic carbocycles. The molecule has 0 bridgehead atoms. The summed E-state index contributed by atoms with van der Waals surface area (Å²) in [7, 11) is 1.75. The zero-order valence-electron chi connectivity index (χ0n) is 9.00. The molecule has 0 aromatic rings. The van der Waals surface area contributed by atoms with Gasteiger partial charge in [-0.2, -0.15) is 0 Å². The fourth-order valence-electron chi connectivity index (χ4n) is 2.68. The third-order valence-corrected chi connectivity index (χ3v) is 3.62. The zero-order valence-corrected chi connectivity index (χ0v) is 9.00. The van der Waals surface area contributed by atoms with Gasteiger partial charge >= 0.3 is 0 Å². The van der Waals surface area contributed by atoms with Gasteiger partial charge in [-0.25, -0.2) is 0 Å². The maximum Gasteiger partial charge on any atom is 0.188 e. The van der Waals surface area contributed by atoms with Crippen molar-refractivity contribution in [3.05, 3.63) is 0 Å². The van der Waals surface area contributed by atoms with Crippen LogP contribution in [0.25, 0.3) is 0 Å². The van der Waals surface area contributed by atoms with Gasteiger partial charge in [0.2, 0.25) is 0 Å². The minimum atomic E-state index is 0.597. The van der Waals surface area contributed by atoms with Crippen molar-refractivity contribution in [3.8, 4) is 0 Å². The Bertz CT molecular complexity index is 221. The van der Waals surface area contributed by atoms with E-state index in [1.54, 1.807) is 7.05 Å². The SMILES string of the molecule is CN=C(N)NC1CCCCC1C1CC1. The number of nitrogens with one attached hydrogen (secondary N) is 1. The molecule has 2 aliphatic rings. The Morgan fingerprint density at radius 1 is 1.21 bits per heavy atom. The quantitative estimate of drug-likeness (QED) is 0.518. The van der Waals surface area contributed by atoms with Crippen molar-refractivity contribution in [2.24, 2.45) is 22.6 Å². The van der Waals surface area contributed by atoms with Crippen LogP contribution in [-0.4, -0.2) is 19.0 Å². The average Bonchev–Trinajstić information content (AvgIpc) is 3.02. The number of guanidine groups is 1. The smallest absolute Gasteiger partial charge is 0.188 e. The van der Waals surface area contributed by atoms with Gasteiger partial charge in [-0.15, -0.1) is 0 Å². The first-order valence-electron chi connectivity index (χ1n) is 5.80. The van der Waals surface area contributed by atoms with Gasteiger partial charge in [0.05, 0.1) is 0 Å². The van der Waals surface area contributed by atoms with Gasteiger partial charge in [-0.3, -0.25) is 4.99 Å². The van der Waals surface area contributed by atoms with E-state index in [1.165, 1.54) is 38.5 Å². The predicted molar refractivity (Wildman–Crippen MR) is 59.2 cm³/mol. The molecule has 0 amide bonds. The van der Waals surface area contributed by atoms with Crippen LogP contribution in [0.2, 0.25) is 0 Å². The van der Waals surface area contributed by atoms with E-state index in [9.17, 15) is 0 Å². The van der Waals surface area contributed by atoms with Gasteiger partial charge in [0.15, 0.2) is 5.96 Å². The maximum absolute atomic E-state index is 5.73. The molecule has 80 valence electrons. The monoisotopic (exact) mass is 195 g/mol. The largest absolute Gasteiger partial charge is 0.370 e. The van der Waals surface area contributed by atoms with Crippen LogP contribution in [0, 0.1) is 11.8 Å². The number of nitrogens with zero attached hydrogens (tertiary/aromatic N) is 1. The molecule has 0 radical (unpaired) electrons. The second-order valence-electron chi connectivity index (χ2n) is 4.65. The molecule has 0 aromatic carbocycles. The van der Waals surface area contributed by atoms with Gasteiger partial charge in [-0.1, -0.05) is 12.8 Å². The summed E-state index contributed by atoms with van der Waals surface area (Å²) >= 11 is 0. The Balaban J connectivity index is 1.92. The molecule has 2 atom stereocenters. The van der Waals surface area contributed by atoms with Crippen LogP contribution < -0.4 is 11.1 Å². The van der Waals surface area contributed by atoms with Crippen molar-refractivity contribution in [2.45, 2.75) is 44.6 Å². The molecule has 0 saturated heterocycles. The Morgan fingerprint density at radius 3 is 2.57 bits per heavy atom. The number of hydrogen-bond donors (Lipinski definition) is 2. The third-order valence-electron chi connectivity index (χ3n) is 3.62. The van der Waals surface area contributed by atoms with Crippen LogP contribution in [-0.2, 0) is 0 Å². The van der Waals surface area contributed by atoms with E-state index in [0.717, 1.165) is 11.8 Å². The minimum absolute atomic E-state index is 0.597. The summed E-state index contributed by atoms with van der Waals surface area (Å²) in [6.45, 7) is 0. The summed E-state index contributed by atoms with van der Waals surface area (Å²) in [5.74, 6) is 2.46. The fourth-order valence-corrected chi connectivity index (χ4v) is 2.68. The van der Waals surface area contributed by atoms with Crippen molar-refractivity contribution in [3.63, 3.8) is 0 Å². The Labute approximate surface area is 86.2 Å². The molecule has 2 fully saturated rings. The highest BCUT2D eigenvalue weighted by Crippen LogP contribution is 2.43. The first kappa shape index (κ1) is 9.81. The lowest BCUT2D eigenvalue weighted by atomic mass is 9.81. The van der Waals surface area contributed by atoms with E-state index < -0.39 is 0 Å². The molecule has 2 unspecified atom stereocenters. The Kier molecular flexibility index (Phi) is 2.94. The summed E-state index contributed by atoms with van der Waals surface area (Å²) < 4.78 is 0. The molecular weight excluding hydrogens is 174 g/mol.